The lowest BCUT2D eigenvalue weighted by atomic mass is 9.87. The first-order valence-corrected chi connectivity index (χ1v) is 7.42. The van der Waals surface area contributed by atoms with Crippen molar-refractivity contribution in [1.29, 1.82) is 0 Å². The van der Waals surface area contributed by atoms with Gasteiger partial charge in [0.2, 0.25) is 0 Å². The summed E-state index contributed by atoms with van der Waals surface area (Å²) in [6.07, 6.45) is 7.55. The Labute approximate surface area is 130 Å². The number of Topliss-reactive ketones (excluding diaryl/α,β-unsaturated/α-hetero) is 1. The summed E-state index contributed by atoms with van der Waals surface area (Å²) in [5, 5.41) is 0. The molecule has 0 fully saturated rings. The van der Waals surface area contributed by atoms with Crippen molar-refractivity contribution < 1.29 is 9.53 Å². The second-order valence-electron chi connectivity index (χ2n) is 5.28. The van der Waals surface area contributed by atoms with Crippen LogP contribution in [0.25, 0.3) is 6.08 Å². The highest BCUT2D eigenvalue weighted by atomic mass is 16.5. The molecule has 0 N–H and O–H groups in total. The minimum absolute atomic E-state index is 0.145. The molecule has 0 bridgehead atoms. The number of carbonyl (C=O) groups is 1. The first kappa shape index (κ1) is 14.3. The molecule has 0 aromatic heterocycles. The van der Waals surface area contributed by atoms with Crippen molar-refractivity contribution in [3.63, 3.8) is 0 Å². The number of carbonyl (C=O) groups excluding carboxylic acids is 1. The van der Waals surface area contributed by atoms with Crippen LogP contribution in [0.3, 0.4) is 0 Å². The molecule has 110 valence electrons. The molecule has 3 rings (SSSR count). The van der Waals surface area contributed by atoms with Gasteiger partial charge in [0.05, 0.1) is 7.11 Å². The van der Waals surface area contributed by atoms with Gasteiger partial charge in [0, 0.05) is 16.7 Å². The van der Waals surface area contributed by atoms with Gasteiger partial charge in [-0.25, -0.2) is 0 Å². The molecule has 2 nitrogen and oxygen atoms in total. The molecular formula is C20H18O2. The molecule has 0 heterocycles. The molecule has 0 unspecified atom stereocenters. The Balaban J connectivity index is 1.82. The zero-order valence-corrected chi connectivity index (χ0v) is 12.6. The minimum atomic E-state index is 0.145. The third kappa shape index (κ3) is 2.86. The SMILES string of the molecule is COc1ccccc1/C=C/C=C1/CCc2ccccc2C1=O. The number of hydrogen-bond acceptors (Lipinski definition) is 2. The molecule has 0 amide bonds. The van der Waals surface area contributed by atoms with Crippen LogP contribution in [-0.2, 0) is 6.42 Å². The largest absolute Gasteiger partial charge is 0.496 e. The van der Waals surface area contributed by atoms with E-state index >= 15 is 0 Å². The lowest BCUT2D eigenvalue weighted by Crippen LogP contribution is -2.13. The van der Waals surface area contributed by atoms with E-state index in [2.05, 4.69) is 0 Å². The van der Waals surface area contributed by atoms with Crippen LogP contribution in [0.4, 0.5) is 0 Å². The van der Waals surface area contributed by atoms with Crippen molar-refractivity contribution in [3.8, 4) is 5.75 Å². The van der Waals surface area contributed by atoms with E-state index in [1.807, 2.05) is 66.8 Å². The summed E-state index contributed by atoms with van der Waals surface area (Å²) in [4.78, 5) is 12.5. The van der Waals surface area contributed by atoms with E-state index in [0.717, 1.165) is 40.9 Å². The van der Waals surface area contributed by atoms with E-state index < -0.39 is 0 Å². The third-order valence-electron chi connectivity index (χ3n) is 3.93. The predicted octanol–water partition coefficient (Wildman–Crippen LogP) is 4.46. The molecule has 0 radical (unpaired) electrons. The zero-order chi connectivity index (χ0) is 15.4. The molecule has 0 saturated heterocycles. The second-order valence-corrected chi connectivity index (χ2v) is 5.28. The number of methoxy groups -OCH3 is 1. The highest BCUT2D eigenvalue weighted by Crippen LogP contribution is 2.25. The monoisotopic (exact) mass is 290 g/mol. The fourth-order valence-corrected chi connectivity index (χ4v) is 2.75. The van der Waals surface area contributed by atoms with E-state index in [1.54, 1.807) is 7.11 Å². The average molecular weight is 290 g/mol. The van der Waals surface area contributed by atoms with Crippen molar-refractivity contribution in [2.24, 2.45) is 0 Å². The van der Waals surface area contributed by atoms with Crippen LogP contribution in [0.2, 0.25) is 0 Å². The Morgan fingerprint density at radius 1 is 1.00 bits per heavy atom. The molecule has 0 saturated carbocycles. The fourth-order valence-electron chi connectivity index (χ4n) is 2.75. The van der Waals surface area contributed by atoms with Gasteiger partial charge in [0.15, 0.2) is 5.78 Å². The smallest absolute Gasteiger partial charge is 0.189 e. The Kier molecular flexibility index (Phi) is 4.19. The molecule has 0 spiro atoms. The predicted molar refractivity (Wildman–Crippen MR) is 89.2 cm³/mol. The molecule has 1 aliphatic rings. The maximum atomic E-state index is 12.5. The lowest BCUT2D eigenvalue weighted by Gasteiger charge is -2.16. The van der Waals surface area contributed by atoms with Gasteiger partial charge in [-0.2, -0.15) is 0 Å². The molecule has 22 heavy (non-hydrogen) atoms. The van der Waals surface area contributed by atoms with Crippen LogP contribution < -0.4 is 4.74 Å². The maximum Gasteiger partial charge on any atom is 0.189 e. The summed E-state index contributed by atoms with van der Waals surface area (Å²) in [5.41, 5.74) is 3.86. The summed E-state index contributed by atoms with van der Waals surface area (Å²) in [7, 11) is 1.66. The quantitative estimate of drug-likeness (QED) is 0.780. The van der Waals surface area contributed by atoms with Gasteiger partial charge in [0.1, 0.15) is 5.75 Å². The van der Waals surface area contributed by atoms with E-state index in [9.17, 15) is 4.79 Å². The van der Waals surface area contributed by atoms with E-state index in [0.29, 0.717) is 0 Å². The van der Waals surface area contributed by atoms with Gasteiger partial charge in [-0.15, -0.1) is 0 Å². The topological polar surface area (TPSA) is 26.3 Å². The van der Waals surface area contributed by atoms with Crippen molar-refractivity contribution in [3.05, 3.63) is 82.9 Å². The summed E-state index contributed by atoms with van der Waals surface area (Å²) < 4.78 is 5.32. The summed E-state index contributed by atoms with van der Waals surface area (Å²) >= 11 is 0. The molecular weight excluding hydrogens is 272 g/mol. The number of hydrogen-bond donors (Lipinski definition) is 0. The molecule has 2 aromatic carbocycles. The van der Waals surface area contributed by atoms with Crippen molar-refractivity contribution in [1.82, 2.24) is 0 Å². The average Bonchev–Trinajstić information content (AvgIpc) is 2.57. The highest BCUT2D eigenvalue weighted by molar-refractivity contribution is 6.10. The Bertz CT molecular complexity index is 754. The van der Waals surface area contributed by atoms with Crippen LogP contribution >= 0.6 is 0 Å². The number of ether oxygens (including phenoxy) is 1. The molecule has 0 atom stereocenters. The van der Waals surface area contributed by atoms with Gasteiger partial charge in [-0.1, -0.05) is 60.7 Å². The van der Waals surface area contributed by atoms with Crippen molar-refractivity contribution >= 4 is 11.9 Å². The first-order chi connectivity index (χ1) is 10.8. The van der Waals surface area contributed by atoms with Crippen LogP contribution in [0.15, 0.2) is 66.3 Å². The molecule has 0 aliphatic heterocycles. The highest BCUT2D eigenvalue weighted by Gasteiger charge is 2.20. The number of allylic oxidation sites excluding steroid dienone is 3. The first-order valence-electron chi connectivity index (χ1n) is 7.42. The molecule has 2 heteroatoms. The second kappa shape index (κ2) is 6.44. The normalized spacial score (nSPS) is 16.0. The van der Waals surface area contributed by atoms with E-state index in [1.165, 1.54) is 0 Å². The lowest BCUT2D eigenvalue weighted by molar-refractivity contribution is 0.102. The van der Waals surface area contributed by atoms with Crippen LogP contribution in [0.5, 0.6) is 5.75 Å². The zero-order valence-electron chi connectivity index (χ0n) is 12.6. The standard InChI is InChI=1S/C20H18O2/c1-22-19-12-5-3-8-16(19)9-6-10-17-14-13-15-7-2-4-11-18(15)20(17)21/h2-12H,13-14H2,1H3/b9-6+,17-10-. The summed E-state index contributed by atoms with van der Waals surface area (Å²) in [5.74, 6) is 0.976. The number of benzene rings is 2. The summed E-state index contributed by atoms with van der Waals surface area (Å²) in [6, 6.07) is 15.7. The fraction of sp³-hybridized carbons (Fsp3) is 0.150. The van der Waals surface area contributed by atoms with Gasteiger partial charge in [0.25, 0.3) is 0 Å². The number of rotatable bonds is 3. The van der Waals surface area contributed by atoms with Crippen LogP contribution in [0, 0.1) is 0 Å². The number of fused-ring (bicyclic) bond motifs is 1. The van der Waals surface area contributed by atoms with Crippen LogP contribution in [-0.4, -0.2) is 12.9 Å². The van der Waals surface area contributed by atoms with Gasteiger partial charge in [-0.3, -0.25) is 4.79 Å². The van der Waals surface area contributed by atoms with Crippen LogP contribution in [0.1, 0.15) is 27.9 Å². The van der Waals surface area contributed by atoms with E-state index in [-0.39, 0.29) is 5.78 Å². The molecule has 2 aromatic rings. The number of aryl methyl sites for hydroxylation is 1. The Hall–Kier alpha value is -2.61. The Morgan fingerprint density at radius 3 is 2.64 bits per heavy atom. The summed E-state index contributed by atoms with van der Waals surface area (Å²) in [6.45, 7) is 0. The maximum absolute atomic E-state index is 12.5. The van der Waals surface area contributed by atoms with Crippen molar-refractivity contribution in [2.45, 2.75) is 12.8 Å². The third-order valence-corrected chi connectivity index (χ3v) is 3.93. The molecule has 1 aliphatic carbocycles. The van der Waals surface area contributed by atoms with Gasteiger partial charge >= 0.3 is 0 Å². The number of para-hydroxylation sites is 1. The van der Waals surface area contributed by atoms with E-state index in [4.69, 9.17) is 4.74 Å². The van der Waals surface area contributed by atoms with Gasteiger partial charge < -0.3 is 4.74 Å². The number of ketones is 1. The van der Waals surface area contributed by atoms with Gasteiger partial charge in [-0.05, 0) is 24.5 Å². The minimum Gasteiger partial charge on any atom is -0.496 e. The Morgan fingerprint density at radius 2 is 1.77 bits per heavy atom. The van der Waals surface area contributed by atoms with Crippen molar-refractivity contribution in [2.75, 3.05) is 7.11 Å².